The maximum absolute atomic E-state index is 8.86. The molecule has 0 saturated carbocycles. The van der Waals surface area contributed by atoms with Gasteiger partial charge in [-0.25, -0.2) is 0 Å². The zero-order valence-electron chi connectivity index (χ0n) is 9.40. The molecule has 1 atom stereocenters. The van der Waals surface area contributed by atoms with Crippen molar-refractivity contribution in [2.45, 2.75) is 19.9 Å². The first-order valence-corrected chi connectivity index (χ1v) is 5.29. The smallest absolute Gasteiger partial charge is 0.0582 e. The number of nitrogens with one attached hydrogen (secondary N) is 1. The first kappa shape index (κ1) is 12.0. The molecule has 0 radical (unpaired) electrons. The molecule has 0 fully saturated rings. The highest BCUT2D eigenvalue weighted by atomic mass is 16.3. The summed E-state index contributed by atoms with van der Waals surface area (Å²) in [5.41, 5.74) is 2.48. The fourth-order valence-electron chi connectivity index (χ4n) is 1.28. The van der Waals surface area contributed by atoms with E-state index in [0.717, 1.165) is 6.54 Å². The Hall–Kier alpha value is -1.12. The molecule has 0 spiro atoms. The quantitative estimate of drug-likeness (QED) is 0.771. The molecular weight excluding hydrogens is 186 g/mol. The van der Waals surface area contributed by atoms with Gasteiger partial charge in [-0.3, -0.25) is 0 Å². The largest absolute Gasteiger partial charge is 0.395 e. The van der Waals surface area contributed by atoms with Crippen molar-refractivity contribution in [3.63, 3.8) is 0 Å². The van der Waals surface area contributed by atoms with Crippen LogP contribution in [0.1, 0.15) is 19.4 Å². The van der Waals surface area contributed by atoms with Crippen LogP contribution in [0.2, 0.25) is 0 Å². The summed E-state index contributed by atoms with van der Waals surface area (Å²) in [6, 6.07) is 10.4. The van der Waals surface area contributed by atoms with Crippen LogP contribution in [0.5, 0.6) is 0 Å². The molecule has 15 heavy (non-hydrogen) atoms. The minimum absolute atomic E-state index is 0.157. The second-order valence-electron chi connectivity index (χ2n) is 3.87. The third kappa shape index (κ3) is 4.77. The number of benzene rings is 1. The van der Waals surface area contributed by atoms with Gasteiger partial charge in [0.25, 0.3) is 0 Å². The highest BCUT2D eigenvalue weighted by Gasteiger charge is 1.97. The minimum atomic E-state index is 0.157. The molecule has 1 aromatic carbocycles. The van der Waals surface area contributed by atoms with E-state index in [0.29, 0.717) is 0 Å². The van der Waals surface area contributed by atoms with E-state index in [1.54, 1.807) is 0 Å². The lowest BCUT2D eigenvalue weighted by Crippen LogP contribution is -2.30. The van der Waals surface area contributed by atoms with Crippen molar-refractivity contribution < 1.29 is 5.11 Å². The molecule has 0 aliphatic carbocycles. The Morgan fingerprint density at radius 2 is 2.07 bits per heavy atom. The molecule has 2 heteroatoms. The van der Waals surface area contributed by atoms with Gasteiger partial charge in [0.15, 0.2) is 0 Å². The molecule has 2 N–H and O–H groups in total. The Morgan fingerprint density at radius 1 is 1.40 bits per heavy atom. The second-order valence-corrected chi connectivity index (χ2v) is 3.87. The minimum Gasteiger partial charge on any atom is -0.395 e. The zero-order chi connectivity index (χ0) is 11.1. The Bertz CT molecular complexity index is 306. The summed E-state index contributed by atoms with van der Waals surface area (Å²) in [4.78, 5) is 0. The number of hydrogen-bond acceptors (Lipinski definition) is 2. The standard InChI is InChI=1S/C13H19NO/c1-11(9-14-12(2)10-15)8-13-6-4-3-5-7-13/h3-8,12,14-15H,9-10H2,1-2H3/b11-8+/t12-/m0/s1. The molecule has 0 amide bonds. The van der Waals surface area contributed by atoms with E-state index in [2.05, 4.69) is 30.4 Å². The summed E-state index contributed by atoms with van der Waals surface area (Å²) in [7, 11) is 0. The van der Waals surface area contributed by atoms with E-state index in [-0.39, 0.29) is 12.6 Å². The van der Waals surface area contributed by atoms with E-state index in [4.69, 9.17) is 5.11 Å². The van der Waals surface area contributed by atoms with E-state index >= 15 is 0 Å². The predicted octanol–water partition coefficient (Wildman–Crippen LogP) is 2.06. The third-order valence-electron chi connectivity index (χ3n) is 2.22. The molecule has 1 rings (SSSR count). The van der Waals surface area contributed by atoms with Crippen LogP contribution < -0.4 is 5.32 Å². The summed E-state index contributed by atoms with van der Waals surface area (Å²) in [5, 5.41) is 12.1. The summed E-state index contributed by atoms with van der Waals surface area (Å²) in [6.07, 6.45) is 2.15. The van der Waals surface area contributed by atoms with Crippen LogP contribution in [0.4, 0.5) is 0 Å². The lowest BCUT2D eigenvalue weighted by atomic mass is 10.1. The van der Waals surface area contributed by atoms with Crippen LogP contribution in [-0.4, -0.2) is 24.3 Å². The second kappa shape index (κ2) is 6.38. The molecule has 0 saturated heterocycles. The summed E-state index contributed by atoms with van der Waals surface area (Å²) in [5.74, 6) is 0. The molecule has 0 heterocycles. The van der Waals surface area contributed by atoms with Crippen molar-refractivity contribution in [1.29, 1.82) is 0 Å². The van der Waals surface area contributed by atoms with Gasteiger partial charge in [0, 0.05) is 12.6 Å². The van der Waals surface area contributed by atoms with E-state index in [1.165, 1.54) is 11.1 Å². The average Bonchev–Trinajstić information content (AvgIpc) is 2.27. The summed E-state index contributed by atoms with van der Waals surface area (Å²) < 4.78 is 0. The molecule has 0 bridgehead atoms. The number of hydrogen-bond donors (Lipinski definition) is 2. The van der Waals surface area contributed by atoms with Crippen LogP contribution in [0, 0.1) is 0 Å². The zero-order valence-corrected chi connectivity index (χ0v) is 9.40. The van der Waals surface area contributed by atoms with Gasteiger partial charge in [-0.05, 0) is 19.4 Å². The van der Waals surface area contributed by atoms with Crippen molar-refractivity contribution in [2.75, 3.05) is 13.2 Å². The Morgan fingerprint density at radius 3 is 2.67 bits per heavy atom. The van der Waals surface area contributed by atoms with Gasteiger partial charge < -0.3 is 10.4 Å². The number of aliphatic hydroxyl groups excluding tert-OH is 1. The third-order valence-corrected chi connectivity index (χ3v) is 2.22. The maximum atomic E-state index is 8.86. The lowest BCUT2D eigenvalue weighted by Gasteiger charge is -2.10. The molecule has 0 aliphatic rings. The van der Waals surface area contributed by atoms with Crippen LogP contribution in [0.3, 0.4) is 0 Å². The van der Waals surface area contributed by atoms with Crippen molar-refractivity contribution in [2.24, 2.45) is 0 Å². The van der Waals surface area contributed by atoms with Gasteiger partial charge in [-0.2, -0.15) is 0 Å². The lowest BCUT2D eigenvalue weighted by molar-refractivity contribution is 0.254. The highest BCUT2D eigenvalue weighted by molar-refractivity contribution is 5.52. The highest BCUT2D eigenvalue weighted by Crippen LogP contribution is 2.05. The Kier molecular flexibility index (Phi) is 5.08. The Labute approximate surface area is 91.6 Å². The molecule has 2 nitrogen and oxygen atoms in total. The fraction of sp³-hybridized carbons (Fsp3) is 0.385. The number of aliphatic hydroxyl groups is 1. The van der Waals surface area contributed by atoms with E-state index in [9.17, 15) is 0 Å². The average molecular weight is 205 g/mol. The molecule has 82 valence electrons. The molecular formula is C13H19NO. The first-order valence-electron chi connectivity index (χ1n) is 5.29. The molecule has 0 aromatic heterocycles. The van der Waals surface area contributed by atoms with Crippen molar-refractivity contribution >= 4 is 6.08 Å². The SMILES string of the molecule is C/C(=C\c1ccccc1)CN[C@@H](C)CO. The molecule has 1 aromatic rings. The summed E-state index contributed by atoms with van der Waals surface area (Å²) >= 11 is 0. The Balaban J connectivity index is 2.46. The normalized spacial score (nSPS) is 13.9. The topological polar surface area (TPSA) is 32.3 Å². The van der Waals surface area contributed by atoms with Crippen molar-refractivity contribution in [1.82, 2.24) is 5.32 Å². The van der Waals surface area contributed by atoms with Gasteiger partial charge in [0.05, 0.1) is 6.61 Å². The van der Waals surface area contributed by atoms with Gasteiger partial charge in [-0.15, -0.1) is 0 Å². The molecule has 0 aliphatic heterocycles. The molecule has 0 unspecified atom stereocenters. The van der Waals surface area contributed by atoms with Crippen molar-refractivity contribution in [3.05, 3.63) is 41.5 Å². The fourth-order valence-corrected chi connectivity index (χ4v) is 1.28. The first-order chi connectivity index (χ1) is 7.22. The van der Waals surface area contributed by atoms with Gasteiger partial charge in [-0.1, -0.05) is 42.0 Å². The van der Waals surface area contributed by atoms with Crippen LogP contribution >= 0.6 is 0 Å². The van der Waals surface area contributed by atoms with Gasteiger partial charge in [0.1, 0.15) is 0 Å². The van der Waals surface area contributed by atoms with Crippen LogP contribution in [0.25, 0.3) is 6.08 Å². The number of rotatable bonds is 5. The maximum Gasteiger partial charge on any atom is 0.0582 e. The monoisotopic (exact) mass is 205 g/mol. The van der Waals surface area contributed by atoms with Crippen LogP contribution in [-0.2, 0) is 0 Å². The summed E-state index contributed by atoms with van der Waals surface area (Å²) in [6.45, 7) is 5.05. The predicted molar refractivity (Wildman–Crippen MR) is 64.6 cm³/mol. The van der Waals surface area contributed by atoms with E-state index in [1.807, 2.05) is 25.1 Å². The van der Waals surface area contributed by atoms with Gasteiger partial charge >= 0.3 is 0 Å². The van der Waals surface area contributed by atoms with E-state index < -0.39 is 0 Å². The van der Waals surface area contributed by atoms with Crippen LogP contribution in [0.15, 0.2) is 35.9 Å². The van der Waals surface area contributed by atoms with Gasteiger partial charge in [0.2, 0.25) is 0 Å². The van der Waals surface area contributed by atoms with Crippen molar-refractivity contribution in [3.8, 4) is 0 Å².